The van der Waals surface area contributed by atoms with Gasteiger partial charge >= 0.3 is 0 Å². The minimum absolute atomic E-state index is 0.150. The van der Waals surface area contributed by atoms with E-state index in [1.165, 1.54) is 11.3 Å². The minimum atomic E-state index is -0.150. The Balaban J connectivity index is 1.83. The lowest BCUT2D eigenvalue weighted by molar-refractivity contribution is 0.0944. The van der Waals surface area contributed by atoms with Gasteiger partial charge in [0.25, 0.3) is 5.91 Å². The lowest BCUT2D eigenvalue weighted by atomic mass is 10.2. The average Bonchev–Trinajstić information content (AvgIpc) is 3.28. The Hall–Kier alpha value is -2.22. The zero-order valence-corrected chi connectivity index (χ0v) is 15.8. The van der Waals surface area contributed by atoms with Gasteiger partial charge in [-0.25, -0.2) is 4.98 Å². The largest absolute Gasteiger partial charge is 0.385 e. The van der Waals surface area contributed by atoms with Crippen LogP contribution >= 0.6 is 11.3 Å². The van der Waals surface area contributed by atoms with E-state index in [2.05, 4.69) is 33.1 Å². The summed E-state index contributed by atoms with van der Waals surface area (Å²) in [4.78, 5) is 16.8. The van der Waals surface area contributed by atoms with Crippen LogP contribution in [-0.4, -0.2) is 49.4 Å². The summed E-state index contributed by atoms with van der Waals surface area (Å²) < 4.78 is 12.4. The molecule has 0 spiro atoms. The van der Waals surface area contributed by atoms with Crippen LogP contribution in [0.5, 0.6) is 0 Å². The molecule has 2 aromatic heterocycles. The van der Waals surface area contributed by atoms with Gasteiger partial charge in [0, 0.05) is 50.2 Å². The molecule has 0 unspecified atom stereocenters. The third-order valence-corrected chi connectivity index (χ3v) is 4.96. The molecule has 0 saturated heterocycles. The molecule has 6 nitrogen and oxygen atoms in total. The number of para-hydroxylation sites is 1. The number of carbonyl (C=O) groups excluding carboxylic acids is 1. The van der Waals surface area contributed by atoms with E-state index < -0.39 is 0 Å². The quantitative estimate of drug-likeness (QED) is 0.585. The number of amides is 1. The minimum Gasteiger partial charge on any atom is -0.385 e. The fraction of sp³-hybridized carbons (Fsp3) is 0.368. The van der Waals surface area contributed by atoms with Crippen molar-refractivity contribution >= 4 is 28.1 Å². The summed E-state index contributed by atoms with van der Waals surface area (Å²) in [6.45, 7) is 2.55. The van der Waals surface area contributed by atoms with Gasteiger partial charge in [-0.15, -0.1) is 11.3 Å². The van der Waals surface area contributed by atoms with Crippen LogP contribution in [0.3, 0.4) is 0 Å². The van der Waals surface area contributed by atoms with Crippen molar-refractivity contribution in [2.75, 3.05) is 34.0 Å². The third kappa shape index (κ3) is 4.12. The molecule has 0 saturated carbocycles. The van der Waals surface area contributed by atoms with Crippen LogP contribution in [0.15, 0.2) is 35.7 Å². The molecule has 1 aromatic carbocycles. The van der Waals surface area contributed by atoms with Crippen molar-refractivity contribution in [3.8, 4) is 10.7 Å². The van der Waals surface area contributed by atoms with E-state index in [1.807, 2.05) is 12.1 Å². The number of carbonyl (C=O) groups is 1. The van der Waals surface area contributed by atoms with Gasteiger partial charge in [-0.2, -0.15) is 0 Å². The predicted molar refractivity (Wildman–Crippen MR) is 104 cm³/mol. The molecule has 1 N–H and O–H groups in total. The summed E-state index contributed by atoms with van der Waals surface area (Å²) in [7, 11) is 3.35. The first-order chi connectivity index (χ1) is 12.7. The number of fused-ring (bicyclic) bond motifs is 1. The van der Waals surface area contributed by atoms with E-state index in [0.29, 0.717) is 25.5 Å². The van der Waals surface area contributed by atoms with Crippen LogP contribution in [0.4, 0.5) is 0 Å². The summed E-state index contributed by atoms with van der Waals surface area (Å²) in [5.41, 5.74) is 2.60. The van der Waals surface area contributed by atoms with Gasteiger partial charge in [0.1, 0.15) is 10.7 Å². The molecule has 0 aliphatic carbocycles. The maximum atomic E-state index is 12.2. The fourth-order valence-corrected chi connectivity index (χ4v) is 3.64. The summed E-state index contributed by atoms with van der Waals surface area (Å²) in [5.74, 6) is -0.150. The molecular formula is C19H23N3O3S. The highest BCUT2D eigenvalue weighted by Gasteiger charge is 2.16. The van der Waals surface area contributed by atoms with E-state index in [4.69, 9.17) is 9.47 Å². The number of aromatic nitrogens is 2. The van der Waals surface area contributed by atoms with Crippen molar-refractivity contribution in [1.82, 2.24) is 14.9 Å². The molecule has 26 heavy (non-hydrogen) atoms. The van der Waals surface area contributed by atoms with Gasteiger partial charge in [0.05, 0.1) is 12.3 Å². The molecule has 0 aliphatic rings. The molecular weight excluding hydrogens is 350 g/mol. The molecule has 0 fully saturated rings. The Morgan fingerprint density at radius 2 is 2.04 bits per heavy atom. The van der Waals surface area contributed by atoms with Crippen molar-refractivity contribution in [3.05, 3.63) is 41.4 Å². The number of thiazole rings is 1. The number of hydrogen-bond donors (Lipinski definition) is 1. The highest BCUT2D eigenvalue weighted by molar-refractivity contribution is 7.13. The van der Waals surface area contributed by atoms with Crippen LogP contribution in [0.1, 0.15) is 16.9 Å². The molecule has 0 bridgehead atoms. The lowest BCUT2D eigenvalue weighted by Gasteiger charge is -2.08. The standard InChI is InChI=1S/C19H23N3O3S/c1-24-10-5-8-20-18(23)15-13-26-19(21-15)17-12-14-6-3-4-7-16(14)22(17)9-11-25-2/h3-4,6-7,12-13H,5,8-11H2,1-2H3,(H,20,23). The van der Waals surface area contributed by atoms with Gasteiger partial charge in [0.2, 0.25) is 0 Å². The monoisotopic (exact) mass is 373 g/mol. The van der Waals surface area contributed by atoms with E-state index in [1.54, 1.807) is 19.6 Å². The van der Waals surface area contributed by atoms with Crippen LogP contribution < -0.4 is 5.32 Å². The van der Waals surface area contributed by atoms with Crippen molar-refractivity contribution < 1.29 is 14.3 Å². The maximum absolute atomic E-state index is 12.2. The molecule has 0 radical (unpaired) electrons. The van der Waals surface area contributed by atoms with Crippen LogP contribution in [0.25, 0.3) is 21.6 Å². The third-order valence-electron chi connectivity index (χ3n) is 4.10. The number of hydrogen-bond acceptors (Lipinski definition) is 5. The van der Waals surface area contributed by atoms with Crippen LogP contribution in [0, 0.1) is 0 Å². The van der Waals surface area contributed by atoms with Crippen molar-refractivity contribution in [2.24, 2.45) is 0 Å². The summed E-state index contributed by atoms with van der Waals surface area (Å²) >= 11 is 1.48. The van der Waals surface area contributed by atoms with Gasteiger partial charge < -0.3 is 19.4 Å². The molecule has 138 valence electrons. The Morgan fingerprint density at radius 1 is 1.23 bits per heavy atom. The SMILES string of the molecule is COCCCNC(=O)c1csc(-c2cc3ccccc3n2CCOC)n1. The number of ether oxygens (including phenoxy) is 2. The van der Waals surface area contributed by atoms with Gasteiger partial charge in [-0.05, 0) is 18.6 Å². The second-order valence-electron chi connectivity index (χ2n) is 5.87. The number of methoxy groups -OCH3 is 2. The van der Waals surface area contributed by atoms with Crippen molar-refractivity contribution in [2.45, 2.75) is 13.0 Å². The Morgan fingerprint density at radius 3 is 2.85 bits per heavy atom. The van der Waals surface area contributed by atoms with E-state index in [9.17, 15) is 4.79 Å². The Bertz CT molecular complexity index is 872. The molecule has 7 heteroatoms. The van der Waals surface area contributed by atoms with E-state index in [0.717, 1.165) is 34.6 Å². The topological polar surface area (TPSA) is 65.4 Å². The van der Waals surface area contributed by atoms with Gasteiger partial charge in [-0.3, -0.25) is 4.79 Å². The average molecular weight is 373 g/mol. The first-order valence-corrected chi connectivity index (χ1v) is 9.43. The van der Waals surface area contributed by atoms with Crippen LogP contribution in [-0.2, 0) is 16.0 Å². The number of nitrogens with zero attached hydrogens (tertiary/aromatic N) is 2. The van der Waals surface area contributed by atoms with Crippen molar-refractivity contribution in [1.29, 1.82) is 0 Å². The smallest absolute Gasteiger partial charge is 0.270 e. The highest BCUT2D eigenvalue weighted by atomic mass is 32.1. The van der Waals surface area contributed by atoms with Gasteiger partial charge in [0.15, 0.2) is 0 Å². The van der Waals surface area contributed by atoms with E-state index >= 15 is 0 Å². The normalized spacial score (nSPS) is 11.2. The maximum Gasteiger partial charge on any atom is 0.270 e. The molecule has 2 heterocycles. The van der Waals surface area contributed by atoms with E-state index in [-0.39, 0.29) is 5.91 Å². The number of benzene rings is 1. The zero-order chi connectivity index (χ0) is 18.4. The number of nitrogens with one attached hydrogen (secondary N) is 1. The lowest BCUT2D eigenvalue weighted by Crippen LogP contribution is -2.25. The molecule has 0 aliphatic heterocycles. The molecule has 3 aromatic rings. The number of rotatable bonds is 9. The molecule has 0 atom stereocenters. The summed E-state index contributed by atoms with van der Waals surface area (Å²) in [6, 6.07) is 10.3. The second kappa shape index (κ2) is 8.93. The van der Waals surface area contributed by atoms with Gasteiger partial charge in [-0.1, -0.05) is 18.2 Å². The Labute approximate surface area is 156 Å². The summed E-state index contributed by atoms with van der Waals surface area (Å²) in [5, 5.41) is 6.66. The molecule has 3 rings (SSSR count). The fourth-order valence-electron chi connectivity index (χ4n) is 2.82. The second-order valence-corrected chi connectivity index (χ2v) is 6.73. The molecule has 1 amide bonds. The Kier molecular flexibility index (Phi) is 6.38. The highest BCUT2D eigenvalue weighted by Crippen LogP contribution is 2.30. The summed E-state index contributed by atoms with van der Waals surface area (Å²) in [6.07, 6.45) is 0.782. The first-order valence-electron chi connectivity index (χ1n) is 8.55. The van der Waals surface area contributed by atoms with Crippen molar-refractivity contribution in [3.63, 3.8) is 0 Å². The van der Waals surface area contributed by atoms with Crippen LogP contribution in [0.2, 0.25) is 0 Å². The zero-order valence-electron chi connectivity index (χ0n) is 15.0. The predicted octanol–water partition coefficient (Wildman–Crippen LogP) is 3.18. The first kappa shape index (κ1) is 18.6.